The van der Waals surface area contributed by atoms with Gasteiger partial charge in [0.05, 0.1) is 18.0 Å². The molecule has 0 aliphatic carbocycles. The lowest BCUT2D eigenvalue weighted by atomic mass is 10.2. The Balaban J connectivity index is 0.00000361. The fourth-order valence-corrected chi connectivity index (χ4v) is 1.86. The Hall–Kier alpha value is -1.38. The quantitative estimate of drug-likeness (QED) is 0.759. The SMILES string of the molecule is CC[C@H](N)C(=O)Nc1ccc(F)c(NS(C)(=O)=O)c1.Cl. The first kappa shape index (κ1) is 18.6. The van der Waals surface area contributed by atoms with Gasteiger partial charge in [0, 0.05) is 5.69 Å². The van der Waals surface area contributed by atoms with E-state index in [4.69, 9.17) is 5.73 Å². The summed E-state index contributed by atoms with van der Waals surface area (Å²) in [5.74, 6) is -1.15. The molecule has 9 heteroatoms. The zero-order chi connectivity index (χ0) is 14.6. The Morgan fingerprint density at radius 1 is 1.45 bits per heavy atom. The lowest BCUT2D eigenvalue weighted by Gasteiger charge is -2.12. The molecule has 1 rings (SSSR count). The van der Waals surface area contributed by atoms with Crippen LogP contribution in [-0.4, -0.2) is 26.6 Å². The lowest BCUT2D eigenvalue weighted by molar-refractivity contribution is -0.117. The molecule has 4 N–H and O–H groups in total. The predicted molar refractivity (Wildman–Crippen MR) is 79.0 cm³/mol. The van der Waals surface area contributed by atoms with Crippen molar-refractivity contribution in [2.45, 2.75) is 19.4 Å². The molecular weight excluding hydrogens is 309 g/mol. The van der Waals surface area contributed by atoms with Crippen LogP contribution in [0.15, 0.2) is 18.2 Å². The number of nitrogens with one attached hydrogen (secondary N) is 2. The monoisotopic (exact) mass is 325 g/mol. The second-order valence-corrected chi connectivity index (χ2v) is 5.82. The summed E-state index contributed by atoms with van der Waals surface area (Å²) in [6.07, 6.45) is 1.37. The Morgan fingerprint density at radius 3 is 2.55 bits per heavy atom. The molecule has 6 nitrogen and oxygen atoms in total. The highest BCUT2D eigenvalue weighted by Gasteiger charge is 2.13. The van der Waals surface area contributed by atoms with Gasteiger partial charge in [-0.1, -0.05) is 6.92 Å². The zero-order valence-corrected chi connectivity index (χ0v) is 12.6. The van der Waals surface area contributed by atoms with Gasteiger partial charge in [-0.25, -0.2) is 12.8 Å². The van der Waals surface area contributed by atoms with E-state index in [1.54, 1.807) is 6.92 Å². The van der Waals surface area contributed by atoms with Crippen molar-refractivity contribution >= 4 is 39.7 Å². The van der Waals surface area contributed by atoms with Gasteiger partial charge < -0.3 is 11.1 Å². The fraction of sp³-hybridized carbons (Fsp3) is 0.364. The molecule has 0 bridgehead atoms. The van der Waals surface area contributed by atoms with Gasteiger partial charge in [0.25, 0.3) is 0 Å². The summed E-state index contributed by atoms with van der Waals surface area (Å²) in [5.41, 5.74) is 5.57. The maximum atomic E-state index is 13.4. The molecular formula is C11H17ClFN3O3S. The van der Waals surface area contributed by atoms with Crippen LogP contribution >= 0.6 is 12.4 Å². The number of amides is 1. The van der Waals surface area contributed by atoms with E-state index in [9.17, 15) is 17.6 Å². The molecule has 0 radical (unpaired) electrons. The summed E-state index contributed by atoms with van der Waals surface area (Å²) in [6.45, 7) is 1.76. The zero-order valence-electron chi connectivity index (χ0n) is 11.0. The third-order valence-corrected chi connectivity index (χ3v) is 2.90. The van der Waals surface area contributed by atoms with Crippen LogP contribution in [0.1, 0.15) is 13.3 Å². The number of benzene rings is 1. The fourth-order valence-electron chi connectivity index (χ4n) is 1.30. The van der Waals surface area contributed by atoms with Gasteiger partial charge in [-0.05, 0) is 24.6 Å². The number of halogens is 2. The largest absolute Gasteiger partial charge is 0.325 e. The van der Waals surface area contributed by atoms with Crippen LogP contribution in [0, 0.1) is 5.82 Å². The minimum Gasteiger partial charge on any atom is -0.325 e. The second kappa shape index (κ2) is 7.41. The molecule has 0 fully saturated rings. The number of carbonyl (C=O) groups is 1. The van der Waals surface area contributed by atoms with Crippen LogP contribution in [-0.2, 0) is 14.8 Å². The number of hydrogen-bond donors (Lipinski definition) is 3. The molecule has 1 aromatic carbocycles. The summed E-state index contributed by atoms with van der Waals surface area (Å²) in [7, 11) is -3.59. The average Bonchev–Trinajstić information content (AvgIpc) is 2.30. The van der Waals surface area contributed by atoms with E-state index in [1.165, 1.54) is 12.1 Å². The number of carbonyl (C=O) groups excluding carboxylic acids is 1. The summed E-state index contributed by atoms with van der Waals surface area (Å²) in [4.78, 5) is 11.6. The molecule has 0 heterocycles. The van der Waals surface area contributed by atoms with Gasteiger partial charge in [-0.3, -0.25) is 9.52 Å². The van der Waals surface area contributed by atoms with Crippen molar-refractivity contribution in [2.24, 2.45) is 5.73 Å². The average molecular weight is 326 g/mol. The first-order chi connectivity index (χ1) is 8.73. The maximum Gasteiger partial charge on any atom is 0.241 e. The van der Waals surface area contributed by atoms with E-state index in [1.807, 2.05) is 4.72 Å². The molecule has 114 valence electrons. The van der Waals surface area contributed by atoms with Crippen LogP contribution < -0.4 is 15.8 Å². The van der Waals surface area contributed by atoms with Crippen molar-refractivity contribution in [2.75, 3.05) is 16.3 Å². The van der Waals surface area contributed by atoms with Crippen molar-refractivity contribution in [3.8, 4) is 0 Å². The van der Waals surface area contributed by atoms with Gasteiger partial charge in [0.15, 0.2) is 0 Å². The molecule has 0 aliphatic heterocycles. The van der Waals surface area contributed by atoms with Crippen LogP contribution in [0.2, 0.25) is 0 Å². The van der Waals surface area contributed by atoms with Crippen molar-refractivity contribution in [3.05, 3.63) is 24.0 Å². The standard InChI is InChI=1S/C11H16FN3O3S.ClH/c1-3-9(13)11(16)14-7-4-5-8(12)10(6-7)15-19(2,17)18;/h4-6,9,15H,3,13H2,1-2H3,(H,14,16);1H/t9-;/m0./s1. The van der Waals surface area contributed by atoms with Gasteiger partial charge in [0.2, 0.25) is 15.9 Å². The number of anilines is 2. The third kappa shape index (κ3) is 5.72. The summed E-state index contributed by atoms with van der Waals surface area (Å²) < 4.78 is 37.5. The van der Waals surface area contributed by atoms with Crippen molar-refractivity contribution < 1.29 is 17.6 Å². The first-order valence-electron chi connectivity index (χ1n) is 5.56. The first-order valence-corrected chi connectivity index (χ1v) is 7.46. The minimum atomic E-state index is -3.59. The molecule has 0 aromatic heterocycles. The maximum absolute atomic E-state index is 13.4. The van der Waals surface area contributed by atoms with E-state index in [0.717, 1.165) is 12.3 Å². The normalized spacial score (nSPS) is 12.2. The molecule has 1 amide bonds. The van der Waals surface area contributed by atoms with E-state index < -0.39 is 27.8 Å². The van der Waals surface area contributed by atoms with Gasteiger partial charge >= 0.3 is 0 Å². The second-order valence-electron chi connectivity index (χ2n) is 4.07. The van der Waals surface area contributed by atoms with Crippen molar-refractivity contribution in [1.82, 2.24) is 0 Å². The van der Waals surface area contributed by atoms with Gasteiger partial charge in [-0.2, -0.15) is 0 Å². The van der Waals surface area contributed by atoms with Gasteiger partial charge in [-0.15, -0.1) is 12.4 Å². The molecule has 0 unspecified atom stereocenters. The van der Waals surface area contributed by atoms with E-state index in [-0.39, 0.29) is 23.8 Å². The van der Waals surface area contributed by atoms with Crippen LogP contribution in [0.5, 0.6) is 0 Å². The van der Waals surface area contributed by atoms with E-state index in [2.05, 4.69) is 5.32 Å². The predicted octanol–water partition coefficient (Wildman–Crippen LogP) is 1.29. The number of rotatable bonds is 5. The molecule has 1 aromatic rings. The van der Waals surface area contributed by atoms with E-state index in [0.29, 0.717) is 6.42 Å². The number of sulfonamides is 1. The molecule has 0 aliphatic rings. The topological polar surface area (TPSA) is 101 Å². The van der Waals surface area contributed by atoms with Crippen LogP contribution in [0.4, 0.5) is 15.8 Å². The molecule has 0 saturated heterocycles. The summed E-state index contributed by atoms with van der Waals surface area (Å²) >= 11 is 0. The smallest absolute Gasteiger partial charge is 0.241 e. The minimum absolute atomic E-state index is 0. The third-order valence-electron chi connectivity index (χ3n) is 2.31. The molecule has 20 heavy (non-hydrogen) atoms. The summed E-state index contributed by atoms with van der Waals surface area (Å²) in [5, 5.41) is 2.48. The van der Waals surface area contributed by atoms with Gasteiger partial charge in [0.1, 0.15) is 5.82 Å². The number of hydrogen-bond acceptors (Lipinski definition) is 4. The Labute approximate surface area is 123 Å². The lowest BCUT2D eigenvalue weighted by Crippen LogP contribution is -2.34. The molecule has 0 saturated carbocycles. The van der Waals surface area contributed by atoms with Crippen LogP contribution in [0.3, 0.4) is 0 Å². The van der Waals surface area contributed by atoms with Crippen molar-refractivity contribution in [3.63, 3.8) is 0 Å². The molecule has 0 spiro atoms. The highest BCUT2D eigenvalue weighted by molar-refractivity contribution is 7.92. The Bertz CT molecular complexity index is 580. The summed E-state index contributed by atoms with van der Waals surface area (Å²) in [6, 6.07) is 2.90. The van der Waals surface area contributed by atoms with E-state index >= 15 is 0 Å². The number of nitrogens with two attached hydrogens (primary N) is 1. The van der Waals surface area contributed by atoms with Crippen LogP contribution in [0.25, 0.3) is 0 Å². The highest BCUT2D eigenvalue weighted by atomic mass is 35.5. The Morgan fingerprint density at radius 2 is 2.05 bits per heavy atom. The Kier molecular flexibility index (Phi) is 6.90. The highest BCUT2D eigenvalue weighted by Crippen LogP contribution is 2.20. The molecule has 1 atom stereocenters. The van der Waals surface area contributed by atoms with Crippen molar-refractivity contribution in [1.29, 1.82) is 0 Å².